The second kappa shape index (κ2) is 6.92. The van der Waals surface area contributed by atoms with Gasteiger partial charge in [0.15, 0.2) is 0 Å². The Bertz CT molecular complexity index is 1300. The van der Waals surface area contributed by atoms with Gasteiger partial charge in [0.05, 0.1) is 15.1 Å². The summed E-state index contributed by atoms with van der Waals surface area (Å²) in [5.41, 5.74) is 1.68. The maximum Gasteiger partial charge on any atom is 0.308 e. The summed E-state index contributed by atoms with van der Waals surface area (Å²) in [6.07, 6.45) is 0. The summed E-state index contributed by atoms with van der Waals surface area (Å²) >= 11 is 1.07. The van der Waals surface area contributed by atoms with E-state index in [4.69, 9.17) is 0 Å². The highest BCUT2D eigenvalue weighted by Gasteiger charge is 2.17. The summed E-state index contributed by atoms with van der Waals surface area (Å²) in [5, 5.41) is 2.10. The molecule has 1 aromatic heterocycles. The minimum atomic E-state index is -3.68. The van der Waals surface area contributed by atoms with Crippen molar-refractivity contribution < 1.29 is 8.42 Å². The summed E-state index contributed by atoms with van der Waals surface area (Å²) in [6.45, 7) is 2.65. The van der Waals surface area contributed by atoms with E-state index in [-0.39, 0.29) is 16.3 Å². The molecule has 0 fully saturated rings. The quantitative estimate of drug-likeness (QED) is 0.557. The van der Waals surface area contributed by atoms with Crippen molar-refractivity contribution in [2.45, 2.75) is 24.9 Å². The number of aromatic nitrogens is 1. The molecule has 0 saturated heterocycles. The average Bonchev–Trinajstić information content (AvgIpc) is 3.00. The van der Waals surface area contributed by atoms with Crippen LogP contribution in [0.2, 0.25) is 0 Å². The van der Waals surface area contributed by atoms with Crippen LogP contribution in [-0.2, 0) is 23.1 Å². The van der Waals surface area contributed by atoms with Gasteiger partial charge < -0.3 is 0 Å². The Balaban J connectivity index is 1.65. The third-order valence-corrected chi connectivity index (χ3v) is 6.94. The summed E-state index contributed by atoms with van der Waals surface area (Å²) in [5.74, 6) is 0. The fourth-order valence-corrected chi connectivity index (χ4v) is 5.32. The van der Waals surface area contributed by atoms with Gasteiger partial charge >= 0.3 is 4.87 Å². The molecule has 0 saturated carbocycles. The normalized spacial score (nSPS) is 12.0. The smallest absolute Gasteiger partial charge is 0.299 e. The zero-order chi connectivity index (χ0) is 19.0. The van der Waals surface area contributed by atoms with E-state index in [1.54, 1.807) is 22.8 Å². The van der Waals surface area contributed by atoms with Crippen molar-refractivity contribution >= 4 is 42.3 Å². The van der Waals surface area contributed by atoms with E-state index < -0.39 is 10.0 Å². The van der Waals surface area contributed by atoms with Gasteiger partial charge in [-0.15, -0.1) is 0 Å². The molecule has 0 bridgehead atoms. The minimum absolute atomic E-state index is 0.0780. The first-order valence-electron chi connectivity index (χ1n) is 8.59. The molecule has 4 aromatic rings. The summed E-state index contributed by atoms with van der Waals surface area (Å²) in [7, 11) is -3.68. The lowest BCUT2D eigenvalue weighted by Crippen LogP contribution is -2.23. The molecule has 3 aromatic carbocycles. The molecule has 0 spiro atoms. The van der Waals surface area contributed by atoms with E-state index in [0.717, 1.165) is 33.2 Å². The van der Waals surface area contributed by atoms with Crippen molar-refractivity contribution in [3.63, 3.8) is 0 Å². The molecular formula is C20H18N2O3S2. The summed E-state index contributed by atoms with van der Waals surface area (Å²) < 4.78 is 30.5. The van der Waals surface area contributed by atoms with Crippen molar-refractivity contribution in [2.75, 3.05) is 0 Å². The number of nitrogens with zero attached hydrogens (tertiary/aromatic N) is 1. The van der Waals surface area contributed by atoms with Crippen LogP contribution < -0.4 is 9.60 Å². The fraction of sp³-hybridized carbons (Fsp3) is 0.150. The van der Waals surface area contributed by atoms with Gasteiger partial charge in [0.2, 0.25) is 10.0 Å². The van der Waals surface area contributed by atoms with E-state index in [1.165, 1.54) is 0 Å². The van der Waals surface area contributed by atoms with Crippen LogP contribution in [0.25, 0.3) is 21.0 Å². The van der Waals surface area contributed by atoms with Gasteiger partial charge in [-0.1, -0.05) is 53.8 Å². The van der Waals surface area contributed by atoms with Crippen molar-refractivity contribution in [1.29, 1.82) is 0 Å². The van der Waals surface area contributed by atoms with Gasteiger partial charge in [-0.05, 0) is 41.5 Å². The van der Waals surface area contributed by atoms with Crippen LogP contribution in [0, 0.1) is 0 Å². The van der Waals surface area contributed by atoms with E-state index in [2.05, 4.69) is 4.72 Å². The molecule has 7 heteroatoms. The van der Waals surface area contributed by atoms with Gasteiger partial charge in [0, 0.05) is 13.1 Å². The molecule has 0 atom stereocenters. The number of sulfonamides is 1. The number of hydrogen-bond acceptors (Lipinski definition) is 4. The Kier molecular flexibility index (Phi) is 4.59. The number of fused-ring (bicyclic) bond motifs is 2. The number of rotatable bonds is 5. The van der Waals surface area contributed by atoms with Gasteiger partial charge in [-0.3, -0.25) is 9.36 Å². The number of thiazole rings is 1. The fourth-order valence-electron chi connectivity index (χ4n) is 3.22. The predicted molar refractivity (Wildman–Crippen MR) is 110 cm³/mol. The lowest BCUT2D eigenvalue weighted by Gasteiger charge is -2.10. The maximum atomic E-state index is 12.8. The van der Waals surface area contributed by atoms with E-state index in [1.807, 2.05) is 49.4 Å². The number of benzene rings is 3. The molecule has 27 heavy (non-hydrogen) atoms. The highest BCUT2D eigenvalue weighted by atomic mass is 32.2. The highest BCUT2D eigenvalue weighted by molar-refractivity contribution is 7.89. The number of aryl methyl sites for hydroxylation is 1. The van der Waals surface area contributed by atoms with Crippen molar-refractivity contribution in [2.24, 2.45) is 0 Å². The number of nitrogens with one attached hydrogen (secondary N) is 1. The molecule has 138 valence electrons. The van der Waals surface area contributed by atoms with Gasteiger partial charge in [-0.2, -0.15) is 0 Å². The Morgan fingerprint density at radius 1 is 1.04 bits per heavy atom. The molecule has 0 unspecified atom stereocenters. The molecule has 0 aliphatic carbocycles. The third kappa shape index (κ3) is 3.29. The van der Waals surface area contributed by atoms with Crippen LogP contribution in [0.15, 0.2) is 70.4 Å². The average molecular weight is 399 g/mol. The molecular weight excluding hydrogens is 380 g/mol. The van der Waals surface area contributed by atoms with Gasteiger partial charge in [-0.25, -0.2) is 13.1 Å². The van der Waals surface area contributed by atoms with Crippen molar-refractivity contribution in [1.82, 2.24) is 9.29 Å². The van der Waals surface area contributed by atoms with Crippen LogP contribution in [-0.4, -0.2) is 13.0 Å². The summed E-state index contributed by atoms with van der Waals surface area (Å²) in [6, 6.07) is 18.5. The monoisotopic (exact) mass is 398 g/mol. The van der Waals surface area contributed by atoms with E-state index >= 15 is 0 Å². The second-order valence-electron chi connectivity index (χ2n) is 6.20. The van der Waals surface area contributed by atoms with E-state index in [0.29, 0.717) is 11.2 Å². The molecule has 0 amide bonds. The Labute approximate surface area is 160 Å². The molecule has 0 radical (unpaired) electrons. The Hall–Kier alpha value is -2.48. The SMILES string of the molecule is CCn1c(=O)sc2cc(S(=O)(=O)NCc3cccc4ccccc34)ccc21. The van der Waals surface area contributed by atoms with Crippen LogP contribution in [0.1, 0.15) is 12.5 Å². The first-order chi connectivity index (χ1) is 13.0. The first kappa shape index (κ1) is 17.9. The molecule has 1 N–H and O–H groups in total. The van der Waals surface area contributed by atoms with Crippen LogP contribution in [0.4, 0.5) is 0 Å². The zero-order valence-corrected chi connectivity index (χ0v) is 16.3. The number of hydrogen-bond donors (Lipinski definition) is 1. The van der Waals surface area contributed by atoms with Crippen LogP contribution in [0.3, 0.4) is 0 Å². The van der Waals surface area contributed by atoms with Gasteiger partial charge in [0.1, 0.15) is 0 Å². The van der Waals surface area contributed by atoms with Crippen molar-refractivity contribution in [3.05, 3.63) is 75.9 Å². The topological polar surface area (TPSA) is 68.2 Å². The highest BCUT2D eigenvalue weighted by Crippen LogP contribution is 2.23. The third-order valence-electron chi connectivity index (χ3n) is 4.60. The lowest BCUT2D eigenvalue weighted by atomic mass is 10.1. The standard InChI is InChI=1S/C20H18N2O3S2/c1-2-22-18-11-10-16(12-19(18)26-20(22)23)27(24,25)21-13-15-8-5-7-14-6-3-4-9-17(14)15/h3-12,21H,2,13H2,1H3. The predicted octanol–water partition coefficient (Wildman–Crippen LogP) is 3.71. The minimum Gasteiger partial charge on any atom is -0.299 e. The first-order valence-corrected chi connectivity index (χ1v) is 10.9. The largest absolute Gasteiger partial charge is 0.308 e. The molecule has 5 nitrogen and oxygen atoms in total. The molecule has 4 rings (SSSR count). The zero-order valence-electron chi connectivity index (χ0n) is 14.7. The van der Waals surface area contributed by atoms with Crippen LogP contribution >= 0.6 is 11.3 Å². The van der Waals surface area contributed by atoms with Crippen LogP contribution in [0.5, 0.6) is 0 Å². The lowest BCUT2D eigenvalue weighted by molar-refractivity contribution is 0.581. The van der Waals surface area contributed by atoms with Gasteiger partial charge in [0.25, 0.3) is 0 Å². The Morgan fingerprint density at radius 3 is 2.63 bits per heavy atom. The molecule has 0 aliphatic heterocycles. The maximum absolute atomic E-state index is 12.8. The second-order valence-corrected chi connectivity index (χ2v) is 8.96. The van der Waals surface area contributed by atoms with Crippen molar-refractivity contribution in [3.8, 4) is 0 Å². The molecule has 0 aliphatic rings. The van der Waals surface area contributed by atoms with E-state index in [9.17, 15) is 13.2 Å². The molecule has 1 heterocycles. The summed E-state index contributed by atoms with van der Waals surface area (Å²) in [4.78, 5) is 12.1. The Morgan fingerprint density at radius 2 is 1.81 bits per heavy atom.